The van der Waals surface area contributed by atoms with E-state index in [0.717, 1.165) is 37.7 Å². The van der Waals surface area contributed by atoms with Crippen molar-refractivity contribution in [1.82, 2.24) is 14.8 Å². The summed E-state index contributed by atoms with van der Waals surface area (Å²) in [6, 6.07) is 2.16. The molecule has 118 valence electrons. The molecule has 1 aromatic rings. The first kappa shape index (κ1) is 15.3. The van der Waals surface area contributed by atoms with Crippen LogP contribution in [0.2, 0.25) is 0 Å². The zero-order valence-electron chi connectivity index (χ0n) is 13.1. The maximum atomic E-state index is 6.43. The van der Waals surface area contributed by atoms with Crippen molar-refractivity contribution in [3.05, 3.63) is 40.7 Å². The summed E-state index contributed by atoms with van der Waals surface area (Å²) in [6.07, 6.45) is 6.16. The highest BCUT2D eigenvalue weighted by atomic mass is 32.1. The van der Waals surface area contributed by atoms with Crippen LogP contribution >= 0.6 is 11.3 Å². The highest BCUT2D eigenvalue weighted by molar-refractivity contribution is 7.08. The van der Waals surface area contributed by atoms with Crippen molar-refractivity contribution >= 4 is 22.9 Å². The SMILES string of the molecule is C/C=C/C1C(c2ccsc2)=CN=C(N2CCN(C)CC2)N1N. The van der Waals surface area contributed by atoms with Gasteiger partial charge in [-0.1, -0.05) is 12.2 Å². The Hall–Kier alpha value is -1.63. The quantitative estimate of drug-likeness (QED) is 0.668. The minimum absolute atomic E-state index is 0.0340. The van der Waals surface area contributed by atoms with Crippen LogP contribution in [-0.2, 0) is 0 Å². The van der Waals surface area contributed by atoms with Crippen molar-refractivity contribution in [2.45, 2.75) is 13.0 Å². The first-order valence-electron chi connectivity index (χ1n) is 7.61. The summed E-state index contributed by atoms with van der Waals surface area (Å²) in [7, 11) is 2.15. The smallest absolute Gasteiger partial charge is 0.216 e. The molecule has 0 amide bonds. The van der Waals surface area contributed by atoms with Gasteiger partial charge in [-0.05, 0) is 36.4 Å². The van der Waals surface area contributed by atoms with Crippen molar-refractivity contribution in [2.75, 3.05) is 33.2 Å². The fraction of sp³-hybridized carbons (Fsp3) is 0.438. The molecule has 3 rings (SSSR count). The second kappa shape index (κ2) is 6.64. The van der Waals surface area contributed by atoms with Crippen LogP contribution in [0.15, 0.2) is 40.2 Å². The Bertz CT molecular complexity index is 582. The Morgan fingerprint density at radius 2 is 2.09 bits per heavy atom. The van der Waals surface area contributed by atoms with Gasteiger partial charge in [0.2, 0.25) is 5.96 Å². The summed E-state index contributed by atoms with van der Waals surface area (Å²) in [6.45, 7) is 6.05. The van der Waals surface area contributed by atoms with Gasteiger partial charge >= 0.3 is 0 Å². The number of nitrogens with two attached hydrogens (primary N) is 1. The number of allylic oxidation sites excluding steroid dienone is 1. The van der Waals surface area contributed by atoms with Gasteiger partial charge in [0.05, 0.1) is 6.04 Å². The van der Waals surface area contributed by atoms with E-state index in [4.69, 9.17) is 5.84 Å². The molecule has 1 unspecified atom stereocenters. The Morgan fingerprint density at radius 1 is 1.32 bits per heavy atom. The van der Waals surface area contributed by atoms with E-state index in [9.17, 15) is 0 Å². The van der Waals surface area contributed by atoms with Crippen molar-refractivity contribution in [2.24, 2.45) is 10.8 Å². The standard InChI is InChI=1S/C16H23N5S/c1-3-4-15-14(13-5-10-22-12-13)11-18-16(21(15)17)20-8-6-19(2)7-9-20/h3-5,10-12,15H,6-9,17H2,1-2H3/b4-3+. The molecule has 2 aliphatic rings. The van der Waals surface area contributed by atoms with E-state index in [1.165, 1.54) is 5.56 Å². The summed E-state index contributed by atoms with van der Waals surface area (Å²) >= 11 is 1.70. The molecule has 1 fully saturated rings. The molecular formula is C16H23N5S. The lowest BCUT2D eigenvalue weighted by molar-refractivity contribution is 0.194. The maximum absolute atomic E-state index is 6.43. The first-order valence-corrected chi connectivity index (χ1v) is 8.55. The number of likely N-dealkylation sites (N-methyl/N-ethyl adjacent to an activating group) is 1. The molecule has 22 heavy (non-hydrogen) atoms. The lowest BCUT2D eigenvalue weighted by Gasteiger charge is -2.41. The topological polar surface area (TPSA) is 48.1 Å². The normalized spacial score (nSPS) is 23.9. The Labute approximate surface area is 136 Å². The zero-order chi connectivity index (χ0) is 15.5. The van der Waals surface area contributed by atoms with Gasteiger partial charge in [-0.25, -0.2) is 10.8 Å². The minimum atomic E-state index is 0.0340. The Kier molecular flexibility index (Phi) is 4.61. The van der Waals surface area contributed by atoms with Crippen LogP contribution in [0.3, 0.4) is 0 Å². The summed E-state index contributed by atoms with van der Waals surface area (Å²) in [5.74, 6) is 7.30. The van der Waals surface area contributed by atoms with Gasteiger partial charge in [0.1, 0.15) is 0 Å². The highest BCUT2D eigenvalue weighted by Crippen LogP contribution is 2.28. The highest BCUT2D eigenvalue weighted by Gasteiger charge is 2.29. The Balaban J connectivity index is 1.89. The average Bonchev–Trinajstić information content (AvgIpc) is 3.05. The van der Waals surface area contributed by atoms with Crippen molar-refractivity contribution < 1.29 is 0 Å². The van der Waals surface area contributed by atoms with Crippen LogP contribution in [0.4, 0.5) is 0 Å². The predicted molar refractivity (Wildman–Crippen MR) is 93.4 cm³/mol. The molecule has 2 N–H and O–H groups in total. The third kappa shape index (κ3) is 2.95. The predicted octanol–water partition coefficient (Wildman–Crippen LogP) is 1.83. The molecule has 0 bridgehead atoms. The number of thiophene rings is 1. The molecule has 1 atom stereocenters. The molecule has 1 aromatic heterocycles. The van der Waals surface area contributed by atoms with Gasteiger partial charge < -0.3 is 9.80 Å². The molecule has 5 nitrogen and oxygen atoms in total. The molecule has 0 saturated carbocycles. The summed E-state index contributed by atoms with van der Waals surface area (Å²) in [5.41, 5.74) is 2.35. The van der Waals surface area contributed by atoms with Crippen LogP contribution < -0.4 is 5.84 Å². The average molecular weight is 317 g/mol. The maximum Gasteiger partial charge on any atom is 0.216 e. The molecule has 2 aliphatic heterocycles. The van der Waals surface area contributed by atoms with E-state index < -0.39 is 0 Å². The van der Waals surface area contributed by atoms with Gasteiger partial charge in [-0.2, -0.15) is 11.3 Å². The van der Waals surface area contributed by atoms with E-state index in [1.54, 1.807) is 16.3 Å². The van der Waals surface area contributed by atoms with Crippen LogP contribution in [0.25, 0.3) is 5.57 Å². The fourth-order valence-corrected chi connectivity index (χ4v) is 3.51. The number of guanidine groups is 1. The summed E-state index contributed by atoms with van der Waals surface area (Å²) < 4.78 is 0. The number of hydrazine groups is 1. The van der Waals surface area contributed by atoms with Crippen LogP contribution in [0.1, 0.15) is 12.5 Å². The van der Waals surface area contributed by atoms with Crippen LogP contribution in [-0.4, -0.2) is 60.0 Å². The van der Waals surface area contributed by atoms with Crippen molar-refractivity contribution in [3.63, 3.8) is 0 Å². The van der Waals surface area contributed by atoms with Gasteiger partial charge in [0.15, 0.2) is 0 Å². The van der Waals surface area contributed by atoms with Gasteiger partial charge in [0, 0.05) is 38.0 Å². The molecule has 3 heterocycles. The van der Waals surface area contributed by atoms with Crippen LogP contribution in [0.5, 0.6) is 0 Å². The van der Waals surface area contributed by atoms with E-state index in [2.05, 4.69) is 50.8 Å². The van der Waals surface area contributed by atoms with E-state index in [-0.39, 0.29) is 6.04 Å². The molecular weight excluding hydrogens is 294 g/mol. The molecule has 0 aromatic carbocycles. The monoisotopic (exact) mass is 317 g/mol. The molecule has 0 spiro atoms. The minimum Gasteiger partial charge on any atom is -0.339 e. The molecule has 1 saturated heterocycles. The zero-order valence-corrected chi connectivity index (χ0v) is 14.0. The number of piperazine rings is 1. The summed E-state index contributed by atoms with van der Waals surface area (Å²) in [4.78, 5) is 9.27. The Morgan fingerprint density at radius 3 is 2.73 bits per heavy atom. The van der Waals surface area contributed by atoms with Gasteiger partial charge in [0.25, 0.3) is 0 Å². The second-order valence-electron chi connectivity index (χ2n) is 5.69. The number of rotatable bonds is 2. The third-order valence-corrected chi connectivity index (χ3v) is 4.87. The van der Waals surface area contributed by atoms with E-state index >= 15 is 0 Å². The van der Waals surface area contributed by atoms with E-state index in [1.807, 2.05) is 13.1 Å². The van der Waals surface area contributed by atoms with Gasteiger partial charge in [-0.15, -0.1) is 0 Å². The molecule has 6 heteroatoms. The lowest BCUT2D eigenvalue weighted by Crippen LogP contribution is -2.58. The number of hydrogen-bond donors (Lipinski definition) is 1. The van der Waals surface area contributed by atoms with E-state index in [0.29, 0.717) is 0 Å². The first-order chi connectivity index (χ1) is 10.7. The van der Waals surface area contributed by atoms with Crippen LogP contribution in [0, 0.1) is 0 Å². The summed E-state index contributed by atoms with van der Waals surface area (Å²) in [5, 5.41) is 6.04. The van der Waals surface area contributed by atoms with Crippen molar-refractivity contribution in [3.8, 4) is 0 Å². The number of nitrogens with zero attached hydrogens (tertiary/aromatic N) is 4. The number of hydrogen-bond acceptors (Lipinski definition) is 6. The third-order valence-electron chi connectivity index (χ3n) is 4.18. The lowest BCUT2D eigenvalue weighted by atomic mass is 10.0. The second-order valence-corrected chi connectivity index (χ2v) is 6.47. The largest absolute Gasteiger partial charge is 0.339 e. The fourth-order valence-electron chi connectivity index (χ4n) is 2.85. The number of aliphatic imine (C=N–C) groups is 1. The van der Waals surface area contributed by atoms with Crippen molar-refractivity contribution in [1.29, 1.82) is 0 Å². The molecule has 0 radical (unpaired) electrons. The molecule has 0 aliphatic carbocycles. The van der Waals surface area contributed by atoms with Gasteiger partial charge in [-0.3, -0.25) is 5.01 Å².